The fourth-order valence-electron chi connectivity index (χ4n) is 1.95. The number of rotatable bonds is 5. The van der Waals surface area contributed by atoms with Gasteiger partial charge in [0.25, 0.3) is 0 Å². The molecule has 2 aromatic rings. The third-order valence-corrected chi connectivity index (χ3v) is 4.02. The van der Waals surface area contributed by atoms with E-state index in [1.807, 2.05) is 19.1 Å². The number of ether oxygens (including phenoxy) is 1. The second-order valence-electron chi connectivity index (χ2n) is 4.96. The van der Waals surface area contributed by atoms with Crippen LogP contribution in [0.3, 0.4) is 0 Å². The number of carbonyl (C=O) groups is 2. The standard InChI is InChI=1S/C17H15Cl2NO3/c1-3-11-4-6-12(7-5-11)15(21)10(2)23-17(22)13-8-14(18)16(19)20-9-13/h4-10H,3H2,1-2H3/t10-/m0/s1. The largest absolute Gasteiger partial charge is 0.451 e. The Hall–Kier alpha value is -1.91. The number of hydrogen-bond donors (Lipinski definition) is 0. The minimum absolute atomic E-state index is 0.100. The zero-order valence-electron chi connectivity index (χ0n) is 12.7. The van der Waals surface area contributed by atoms with Crippen molar-refractivity contribution in [1.29, 1.82) is 0 Å². The summed E-state index contributed by atoms with van der Waals surface area (Å²) < 4.78 is 5.17. The van der Waals surface area contributed by atoms with Gasteiger partial charge in [-0.05, 0) is 25.0 Å². The summed E-state index contributed by atoms with van der Waals surface area (Å²) in [4.78, 5) is 28.1. The molecule has 4 nitrogen and oxygen atoms in total. The fraction of sp³-hybridized carbons (Fsp3) is 0.235. The van der Waals surface area contributed by atoms with Crippen molar-refractivity contribution in [2.75, 3.05) is 0 Å². The van der Waals surface area contributed by atoms with E-state index in [0.29, 0.717) is 5.56 Å². The Morgan fingerprint density at radius 3 is 2.39 bits per heavy atom. The van der Waals surface area contributed by atoms with E-state index < -0.39 is 12.1 Å². The molecule has 0 aliphatic rings. The van der Waals surface area contributed by atoms with Gasteiger partial charge in [0, 0.05) is 11.8 Å². The highest BCUT2D eigenvalue weighted by molar-refractivity contribution is 6.41. The molecule has 1 atom stereocenters. The van der Waals surface area contributed by atoms with E-state index in [-0.39, 0.29) is 21.5 Å². The summed E-state index contributed by atoms with van der Waals surface area (Å²) in [5.74, 6) is -0.948. The molecule has 0 spiro atoms. The van der Waals surface area contributed by atoms with E-state index in [4.69, 9.17) is 27.9 Å². The molecule has 6 heteroatoms. The first-order valence-electron chi connectivity index (χ1n) is 7.07. The number of carbonyl (C=O) groups excluding carboxylic acids is 2. The van der Waals surface area contributed by atoms with Gasteiger partial charge < -0.3 is 4.74 Å². The van der Waals surface area contributed by atoms with E-state index in [0.717, 1.165) is 12.0 Å². The van der Waals surface area contributed by atoms with E-state index in [9.17, 15) is 9.59 Å². The minimum atomic E-state index is -0.913. The molecule has 0 N–H and O–H groups in total. The maximum atomic E-state index is 12.3. The molecule has 1 heterocycles. The van der Waals surface area contributed by atoms with Crippen molar-refractivity contribution < 1.29 is 14.3 Å². The van der Waals surface area contributed by atoms with Crippen molar-refractivity contribution >= 4 is 35.0 Å². The van der Waals surface area contributed by atoms with Crippen LogP contribution in [0.15, 0.2) is 36.5 Å². The Labute approximate surface area is 144 Å². The SMILES string of the molecule is CCc1ccc(C(=O)[C@H](C)OC(=O)c2cnc(Cl)c(Cl)c2)cc1. The molecule has 0 bridgehead atoms. The van der Waals surface area contributed by atoms with E-state index in [2.05, 4.69) is 4.98 Å². The van der Waals surface area contributed by atoms with Gasteiger partial charge in [-0.2, -0.15) is 0 Å². The smallest absolute Gasteiger partial charge is 0.340 e. The predicted octanol–water partition coefficient (Wildman–Crippen LogP) is 4.38. The van der Waals surface area contributed by atoms with Crippen LogP contribution in [-0.2, 0) is 11.2 Å². The summed E-state index contributed by atoms with van der Waals surface area (Å²) in [6, 6.07) is 8.57. The van der Waals surface area contributed by atoms with E-state index in [1.54, 1.807) is 12.1 Å². The molecule has 0 fully saturated rings. The molecule has 0 amide bonds. The van der Waals surface area contributed by atoms with Gasteiger partial charge >= 0.3 is 5.97 Å². The summed E-state index contributed by atoms with van der Waals surface area (Å²) in [6.07, 6.45) is 1.23. The first-order valence-corrected chi connectivity index (χ1v) is 7.83. The lowest BCUT2D eigenvalue weighted by molar-refractivity contribution is 0.0318. The Balaban J connectivity index is 2.07. The average molecular weight is 352 g/mol. The molecule has 0 aliphatic carbocycles. The van der Waals surface area contributed by atoms with Crippen LogP contribution >= 0.6 is 23.2 Å². The first-order chi connectivity index (χ1) is 10.9. The van der Waals surface area contributed by atoms with Crippen LogP contribution in [0, 0.1) is 0 Å². The van der Waals surface area contributed by atoms with Gasteiger partial charge in [-0.25, -0.2) is 9.78 Å². The number of aromatic nitrogens is 1. The molecule has 1 aromatic heterocycles. The van der Waals surface area contributed by atoms with Crippen molar-refractivity contribution in [3.63, 3.8) is 0 Å². The Bertz CT molecular complexity index is 729. The number of nitrogens with zero attached hydrogens (tertiary/aromatic N) is 1. The summed E-state index contributed by atoms with van der Waals surface area (Å²) in [5.41, 5.74) is 1.77. The number of ketones is 1. The number of halogens is 2. The summed E-state index contributed by atoms with van der Waals surface area (Å²) >= 11 is 11.5. The highest BCUT2D eigenvalue weighted by atomic mass is 35.5. The van der Waals surface area contributed by atoms with Crippen LogP contribution in [0.4, 0.5) is 0 Å². The maximum Gasteiger partial charge on any atom is 0.340 e. The number of esters is 1. The second-order valence-corrected chi connectivity index (χ2v) is 5.72. The van der Waals surface area contributed by atoms with E-state index in [1.165, 1.54) is 19.2 Å². The predicted molar refractivity (Wildman–Crippen MR) is 89.3 cm³/mol. The van der Waals surface area contributed by atoms with Crippen LogP contribution < -0.4 is 0 Å². The summed E-state index contributed by atoms with van der Waals surface area (Å²) in [6.45, 7) is 3.56. The minimum Gasteiger partial charge on any atom is -0.451 e. The zero-order valence-corrected chi connectivity index (χ0v) is 14.2. The third-order valence-electron chi connectivity index (χ3n) is 3.33. The van der Waals surface area contributed by atoms with Crippen LogP contribution in [-0.4, -0.2) is 22.8 Å². The first kappa shape index (κ1) is 17.4. The normalized spacial score (nSPS) is 11.8. The number of aryl methyl sites for hydroxylation is 1. The quantitative estimate of drug-likeness (QED) is 0.455. The van der Waals surface area contributed by atoms with Gasteiger partial charge in [-0.1, -0.05) is 54.4 Å². The Morgan fingerprint density at radius 2 is 1.83 bits per heavy atom. The third kappa shape index (κ3) is 4.30. The van der Waals surface area contributed by atoms with Crippen LogP contribution in [0.25, 0.3) is 0 Å². The lowest BCUT2D eigenvalue weighted by Gasteiger charge is -2.12. The molecule has 2 rings (SSSR count). The van der Waals surface area contributed by atoms with Crippen LogP contribution in [0.5, 0.6) is 0 Å². The molecule has 0 unspecified atom stereocenters. The lowest BCUT2D eigenvalue weighted by Crippen LogP contribution is -2.24. The van der Waals surface area contributed by atoms with Gasteiger partial charge in [0.2, 0.25) is 5.78 Å². The molecule has 0 radical (unpaired) electrons. The number of pyridine rings is 1. The fourth-order valence-corrected chi connectivity index (χ4v) is 2.22. The molecule has 23 heavy (non-hydrogen) atoms. The second kappa shape index (κ2) is 7.57. The number of Topliss-reactive ketones (excluding diaryl/α,β-unsaturated/α-hetero) is 1. The monoisotopic (exact) mass is 351 g/mol. The maximum absolute atomic E-state index is 12.3. The topological polar surface area (TPSA) is 56.3 Å². The molecule has 0 aliphatic heterocycles. The van der Waals surface area contributed by atoms with Crippen molar-refractivity contribution in [2.45, 2.75) is 26.4 Å². The Morgan fingerprint density at radius 1 is 1.17 bits per heavy atom. The number of benzene rings is 1. The molecule has 1 aromatic carbocycles. The van der Waals surface area contributed by atoms with Crippen molar-refractivity contribution in [3.05, 3.63) is 63.4 Å². The highest BCUT2D eigenvalue weighted by Crippen LogP contribution is 2.20. The van der Waals surface area contributed by atoms with Gasteiger partial charge in [0.05, 0.1) is 10.6 Å². The highest BCUT2D eigenvalue weighted by Gasteiger charge is 2.21. The van der Waals surface area contributed by atoms with Crippen molar-refractivity contribution in [2.24, 2.45) is 0 Å². The molecule has 0 saturated carbocycles. The molecule has 0 saturated heterocycles. The summed E-state index contributed by atoms with van der Waals surface area (Å²) in [7, 11) is 0. The summed E-state index contributed by atoms with van der Waals surface area (Å²) in [5, 5.41) is 0.249. The zero-order chi connectivity index (χ0) is 17.0. The Kier molecular flexibility index (Phi) is 5.74. The molecule has 120 valence electrons. The number of hydrogen-bond acceptors (Lipinski definition) is 4. The van der Waals surface area contributed by atoms with E-state index >= 15 is 0 Å². The van der Waals surface area contributed by atoms with Crippen LogP contribution in [0.1, 0.15) is 40.1 Å². The van der Waals surface area contributed by atoms with Crippen molar-refractivity contribution in [1.82, 2.24) is 4.98 Å². The lowest BCUT2D eigenvalue weighted by atomic mass is 10.0. The van der Waals surface area contributed by atoms with Gasteiger partial charge in [-0.15, -0.1) is 0 Å². The van der Waals surface area contributed by atoms with Crippen molar-refractivity contribution in [3.8, 4) is 0 Å². The van der Waals surface area contributed by atoms with Crippen LogP contribution in [0.2, 0.25) is 10.2 Å². The van der Waals surface area contributed by atoms with Gasteiger partial charge in [-0.3, -0.25) is 4.79 Å². The molecular formula is C17H15Cl2NO3. The van der Waals surface area contributed by atoms with Gasteiger partial charge in [0.1, 0.15) is 5.15 Å². The van der Waals surface area contributed by atoms with Gasteiger partial charge in [0.15, 0.2) is 6.10 Å². The average Bonchev–Trinajstić information content (AvgIpc) is 2.56. The molecular weight excluding hydrogens is 337 g/mol.